The Hall–Kier alpha value is -3.07. The van der Waals surface area contributed by atoms with Gasteiger partial charge in [-0.05, 0) is 57.7 Å². The summed E-state index contributed by atoms with van der Waals surface area (Å²) >= 11 is 0. The van der Waals surface area contributed by atoms with Crippen molar-refractivity contribution in [2.75, 3.05) is 32.7 Å². The lowest BCUT2D eigenvalue weighted by molar-refractivity contribution is -0.134. The minimum Gasteiger partial charge on any atom is -0.442 e. The van der Waals surface area contributed by atoms with Crippen molar-refractivity contribution in [2.24, 2.45) is 5.92 Å². The molecule has 3 fully saturated rings. The van der Waals surface area contributed by atoms with Gasteiger partial charge in [-0.3, -0.25) is 14.7 Å². The van der Waals surface area contributed by atoms with E-state index in [0.29, 0.717) is 24.8 Å². The van der Waals surface area contributed by atoms with Gasteiger partial charge in [0.2, 0.25) is 0 Å². The monoisotopic (exact) mass is 548 g/mol. The van der Waals surface area contributed by atoms with Crippen molar-refractivity contribution in [1.29, 1.82) is 0 Å². The maximum atomic E-state index is 13.3. The molecule has 2 aromatic heterocycles. The van der Waals surface area contributed by atoms with Crippen LogP contribution in [0.25, 0.3) is 0 Å². The molecule has 0 bridgehead atoms. The van der Waals surface area contributed by atoms with E-state index < -0.39 is 5.60 Å². The van der Waals surface area contributed by atoms with Crippen LogP contribution in [0.3, 0.4) is 0 Å². The van der Waals surface area contributed by atoms with Gasteiger partial charge in [-0.25, -0.2) is 14.8 Å². The molecule has 0 saturated carbocycles. The predicted octanol–water partition coefficient (Wildman–Crippen LogP) is 4.78. The van der Waals surface area contributed by atoms with Crippen molar-refractivity contribution >= 4 is 12.0 Å². The molecule has 5 heterocycles. The van der Waals surface area contributed by atoms with Crippen LogP contribution in [-0.2, 0) is 11.3 Å². The molecular weight excluding hydrogens is 504 g/mol. The Kier molecular flexibility index (Phi) is 8.40. The summed E-state index contributed by atoms with van der Waals surface area (Å²) in [5.74, 6) is 1.04. The quantitative estimate of drug-likeness (QED) is 0.492. The van der Waals surface area contributed by atoms with Crippen LogP contribution in [0.4, 0.5) is 4.79 Å². The third-order valence-electron chi connectivity index (χ3n) is 9.66. The van der Waals surface area contributed by atoms with Gasteiger partial charge >= 0.3 is 6.09 Å². The predicted molar refractivity (Wildman–Crippen MR) is 153 cm³/mol. The average Bonchev–Trinajstić information content (AvgIpc) is 2.95. The number of pyridine rings is 1. The van der Waals surface area contributed by atoms with Gasteiger partial charge in [0.15, 0.2) is 0 Å². The number of carbonyl (C=O) groups is 2. The van der Waals surface area contributed by atoms with Crippen molar-refractivity contribution in [3.8, 4) is 0 Å². The molecule has 2 aromatic rings. The fraction of sp³-hybridized carbons (Fsp3) is 0.645. The Morgan fingerprint density at radius 3 is 2.38 bits per heavy atom. The summed E-state index contributed by atoms with van der Waals surface area (Å²) in [6.45, 7) is 12.8. The van der Waals surface area contributed by atoms with Gasteiger partial charge in [0, 0.05) is 75.6 Å². The summed E-state index contributed by atoms with van der Waals surface area (Å²) in [6.07, 6.45) is 11.8. The Morgan fingerprint density at radius 2 is 1.73 bits per heavy atom. The number of likely N-dealkylation sites (tertiary alicyclic amines) is 2. The zero-order valence-electron chi connectivity index (χ0n) is 24.6. The molecule has 1 unspecified atom stereocenters. The van der Waals surface area contributed by atoms with E-state index in [4.69, 9.17) is 4.74 Å². The largest absolute Gasteiger partial charge is 0.442 e. The molecule has 1 atom stereocenters. The van der Waals surface area contributed by atoms with E-state index in [9.17, 15) is 9.59 Å². The highest BCUT2D eigenvalue weighted by molar-refractivity contribution is 5.96. The summed E-state index contributed by atoms with van der Waals surface area (Å²) in [4.78, 5) is 45.9. The number of carbonyl (C=O) groups excluding carboxylic acids is 2. The van der Waals surface area contributed by atoms with Crippen LogP contribution < -0.4 is 0 Å². The molecule has 9 heteroatoms. The first-order valence-corrected chi connectivity index (χ1v) is 14.9. The summed E-state index contributed by atoms with van der Waals surface area (Å²) < 4.78 is 6.34. The van der Waals surface area contributed by atoms with Crippen molar-refractivity contribution in [3.63, 3.8) is 0 Å². The van der Waals surface area contributed by atoms with Crippen LogP contribution >= 0.6 is 0 Å². The molecule has 0 aliphatic carbocycles. The molecule has 216 valence electrons. The molecule has 9 nitrogen and oxygen atoms in total. The zero-order valence-corrected chi connectivity index (χ0v) is 24.6. The Bertz CT molecular complexity index is 1170. The normalized spacial score (nSPS) is 22.8. The SMILES string of the molecule is CCCCC1CN(Cc2ncccn2)C(=O)OC12CCN(C1(C)CCN(C(=O)c3c(C)ccnc3C)CC1)CC2. The highest BCUT2D eigenvalue weighted by atomic mass is 16.6. The molecule has 0 radical (unpaired) electrons. The molecule has 3 aliphatic rings. The second-order valence-corrected chi connectivity index (χ2v) is 12.2. The number of aryl methyl sites for hydroxylation is 2. The number of nitrogens with zero attached hydrogens (tertiary/aromatic N) is 6. The third kappa shape index (κ3) is 5.71. The van der Waals surface area contributed by atoms with E-state index in [0.717, 1.165) is 87.9 Å². The second-order valence-electron chi connectivity index (χ2n) is 12.2. The van der Waals surface area contributed by atoms with Crippen molar-refractivity contribution < 1.29 is 14.3 Å². The molecule has 3 saturated heterocycles. The molecule has 0 N–H and O–H groups in total. The van der Waals surface area contributed by atoms with E-state index in [1.807, 2.05) is 24.8 Å². The van der Waals surface area contributed by atoms with Gasteiger partial charge in [0.05, 0.1) is 17.8 Å². The van der Waals surface area contributed by atoms with E-state index in [1.54, 1.807) is 29.6 Å². The van der Waals surface area contributed by atoms with Gasteiger partial charge in [0.25, 0.3) is 5.91 Å². The summed E-state index contributed by atoms with van der Waals surface area (Å²) in [6, 6.07) is 3.70. The van der Waals surface area contributed by atoms with Crippen LogP contribution in [0.5, 0.6) is 0 Å². The molecule has 3 aliphatic heterocycles. The fourth-order valence-electron chi connectivity index (χ4n) is 6.96. The van der Waals surface area contributed by atoms with Crippen LogP contribution in [0.2, 0.25) is 0 Å². The number of amides is 2. The summed E-state index contributed by atoms with van der Waals surface area (Å²) in [7, 11) is 0. The molecule has 1 spiro atoms. The zero-order chi connectivity index (χ0) is 28.3. The van der Waals surface area contributed by atoms with Gasteiger partial charge in [-0.1, -0.05) is 19.8 Å². The van der Waals surface area contributed by atoms with Crippen LogP contribution in [-0.4, -0.2) is 85.5 Å². The summed E-state index contributed by atoms with van der Waals surface area (Å²) in [5, 5.41) is 0. The van der Waals surface area contributed by atoms with Crippen LogP contribution in [0.1, 0.15) is 86.2 Å². The number of unbranched alkanes of at least 4 members (excludes halogenated alkanes) is 1. The second kappa shape index (κ2) is 11.8. The van der Waals surface area contributed by atoms with E-state index in [2.05, 4.69) is 33.7 Å². The van der Waals surface area contributed by atoms with E-state index >= 15 is 0 Å². The number of rotatable bonds is 7. The Balaban J connectivity index is 1.21. The number of ether oxygens (including phenoxy) is 1. The van der Waals surface area contributed by atoms with Crippen LogP contribution in [0.15, 0.2) is 30.7 Å². The van der Waals surface area contributed by atoms with Crippen molar-refractivity contribution in [2.45, 2.75) is 90.3 Å². The lowest BCUT2D eigenvalue weighted by atomic mass is 9.74. The number of aromatic nitrogens is 3. The maximum absolute atomic E-state index is 13.3. The topological polar surface area (TPSA) is 91.8 Å². The third-order valence-corrected chi connectivity index (χ3v) is 9.66. The van der Waals surface area contributed by atoms with Gasteiger partial charge in [-0.15, -0.1) is 0 Å². The van der Waals surface area contributed by atoms with Crippen molar-refractivity contribution in [1.82, 2.24) is 29.7 Å². The molecular formula is C31H44N6O3. The van der Waals surface area contributed by atoms with Crippen LogP contribution in [0, 0.1) is 19.8 Å². The Morgan fingerprint density at radius 1 is 1.02 bits per heavy atom. The Labute approximate surface area is 238 Å². The highest BCUT2D eigenvalue weighted by Gasteiger charge is 2.51. The number of hydrogen-bond donors (Lipinski definition) is 0. The number of piperidine rings is 2. The first kappa shape index (κ1) is 28.5. The lowest BCUT2D eigenvalue weighted by Crippen LogP contribution is -2.63. The first-order chi connectivity index (χ1) is 19.2. The van der Waals surface area contributed by atoms with Gasteiger partial charge in [0.1, 0.15) is 11.4 Å². The minimum absolute atomic E-state index is 0.0334. The van der Waals surface area contributed by atoms with Crippen molar-refractivity contribution in [3.05, 3.63) is 53.4 Å². The highest BCUT2D eigenvalue weighted by Crippen LogP contribution is 2.43. The lowest BCUT2D eigenvalue weighted by Gasteiger charge is -2.55. The van der Waals surface area contributed by atoms with Gasteiger partial charge < -0.3 is 14.5 Å². The smallest absolute Gasteiger partial charge is 0.410 e. The number of hydrogen-bond acceptors (Lipinski definition) is 7. The maximum Gasteiger partial charge on any atom is 0.410 e. The van der Waals surface area contributed by atoms with E-state index in [-0.39, 0.29) is 17.5 Å². The molecule has 40 heavy (non-hydrogen) atoms. The summed E-state index contributed by atoms with van der Waals surface area (Å²) in [5.41, 5.74) is 2.16. The molecule has 5 rings (SSSR count). The van der Waals surface area contributed by atoms with Gasteiger partial charge in [-0.2, -0.15) is 0 Å². The molecule has 0 aromatic carbocycles. The minimum atomic E-state index is -0.404. The fourth-order valence-corrected chi connectivity index (χ4v) is 6.96. The van der Waals surface area contributed by atoms with E-state index in [1.165, 1.54) is 0 Å². The molecule has 2 amide bonds. The average molecular weight is 549 g/mol. The first-order valence-electron chi connectivity index (χ1n) is 14.9. The standard InChI is InChI=1S/C31H44N6O3/c1-5-6-8-25-21-36(22-26-33-14-7-15-34-26)29(39)40-31(25)12-19-37(20-13-31)30(4)10-17-35(18-11-30)28(38)27-23(2)9-16-32-24(27)3/h7,9,14-16,25H,5-6,8,10-13,17-22H2,1-4H3.